The first-order valence-electron chi connectivity index (χ1n) is 27.3. The van der Waals surface area contributed by atoms with Gasteiger partial charge >= 0.3 is 0 Å². The van der Waals surface area contributed by atoms with E-state index in [2.05, 4.69) is 89.4 Å². The summed E-state index contributed by atoms with van der Waals surface area (Å²) in [5.41, 5.74) is 14.9. The number of hydrogen-bond acceptors (Lipinski definition) is 14. The molecule has 436 valence electrons. The van der Waals surface area contributed by atoms with Gasteiger partial charge in [-0.1, -0.05) is 76.2 Å². The van der Waals surface area contributed by atoms with Gasteiger partial charge in [0.1, 0.15) is 68.7 Å². The van der Waals surface area contributed by atoms with Crippen molar-refractivity contribution in [3.8, 4) is 46.0 Å². The van der Waals surface area contributed by atoms with Crippen LogP contribution in [0.5, 0.6) is 46.0 Å². The van der Waals surface area contributed by atoms with Gasteiger partial charge in [-0.3, -0.25) is 0 Å². The second-order valence-corrected chi connectivity index (χ2v) is 21.5. The lowest BCUT2D eigenvalue weighted by molar-refractivity contribution is 0.390. The normalized spacial score (nSPS) is 11.0. The van der Waals surface area contributed by atoms with Crippen molar-refractivity contribution in [2.24, 2.45) is 5.73 Å². The first-order chi connectivity index (χ1) is 40.3. The van der Waals surface area contributed by atoms with Crippen molar-refractivity contribution >= 4 is 93.2 Å². The van der Waals surface area contributed by atoms with Crippen LogP contribution in [-0.2, 0) is 39.0 Å². The standard InChI is InChI=1S/C32H35BrN4O4.C23H23BrClN3O2.C9H13NO2/c1-6-7-8-29-36-30-31(37(29)19-21-10-13-24(39-3)17-28(21)41-5)25-14-11-22(33)15-26(25)35-32(30)34-18-20-9-12-23(38-2)16-27(20)40-4;1-4-5-6-20-27-21-22(17-10-8-15(24)11-18(17)26-23(21)25)28(20)13-14-7-9-16(29-2)12-19(14)30-3;1-11-8-4-3-7(6-10)9(5-8)12-2/h9-17H,6-8,18-19H2,1-5H3,(H,34,35);7-12H,4-6,13H2,1-3H3;3-5H,6,10H2,1-2H3. The van der Waals surface area contributed by atoms with Gasteiger partial charge in [0.05, 0.1) is 92.0 Å². The van der Waals surface area contributed by atoms with Crippen LogP contribution in [0.1, 0.15) is 73.4 Å². The highest BCUT2D eigenvalue weighted by atomic mass is 79.9. The zero-order valence-corrected chi connectivity index (χ0v) is 52.6. The average molecular weight is 1280 g/mol. The second-order valence-electron chi connectivity index (χ2n) is 19.3. The number of fused-ring (bicyclic) bond motifs is 6. The van der Waals surface area contributed by atoms with Gasteiger partial charge in [-0.2, -0.15) is 0 Å². The van der Waals surface area contributed by atoms with Gasteiger partial charge < -0.3 is 58.1 Å². The molecule has 0 saturated heterocycles. The molecule has 83 heavy (non-hydrogen) atoms. The predicted molar refractivity (Wildman–Crippen MR) is 339 cm³/mol. The molecule has 0 atom stereocenters. The molecule has 0 aliphatic rings. The zero-order valence-electron chi connectivity index (χ0n) is 48.6. The van der Waals surface area contributed by atoms with E-state index in [1.165, 1.54) is 0 Å². The molecule has 4 heterocycles. The number of aromatic nitrogens is 6. The summed E-state index contributed by atoms with van der Waals surface area (Å²) in [5.74, 6) is 8.87. The summed E-state index contributed by atoms with van der Waals surface area (Å²) < 4.78 is 49.8. The minimum atomic E-state index is 0.425. The van der Waals surface area contributed by atoms with Gasteiger partial charge in [0.15, 0.2) is 11.0 Å². The maximum atomic E-state index is 6.57. The molecule has 16 nitrogen and oxygen atoms in total. The Labute approximate surface area is 506 Å². The molecule has 0 amide bonds. The highest BCUT2D eigenvalue weighted by molar-refractivity contribution is 9.10. The molecule has 0 unspecified atom stereocenters. The van der Waals surface area contributed by atoms with Crippen molar-refractivity contribution in [3.63, 3.8) is 0 Å². The number of unbranched alkanes of at least 4 members (excludes halogenated alkanes) is 2. The Hall–Kier alpha value is -7.51. The average Bonchev–Trinajstić information content (AvgIpc) is 2.00. The fourth-order valence-electron chi connectivity index (χ4n) is 9.80. The van der Waals surface area contributed by atoms with Gasteiger partial charge in [-0.15, -0.1) is 0 Å². The number of nitrogens with two attached hydrogens (primary N) is 1. The number of ether oxygens (including phenoxy) is 8. The molecule has 19 heteroatoms. The van der Waals surface area contributed by atoms with Crippen LogP contribution in [-0.4, -0.2) is 85.9 Å². The van der Waals surface area contributed by atoms with Crippen LogP contribution in [0.2, 0.25) is 5.15 Å². The molecule has 0 radical (unpaired) electrons. The van der Waals surface area contributed by atoms with E-state index < -0.39 is 0 Å². The number of aryl methyl sites for hydroxylation is 2. The van der Waals surface area contributed by atoms with E-state index in [0.717, 1.165) is 177 Å². The van der Waals surface area contributed by atoms with E-state index in [1.54, 1.807) is 56.9 Å². The Morgan fingerprint density at radius 3 is 1.30 bits per heavy atom. The predicted octanol–water partition coefficient (Wildman–Crippen LogP) is 15.0. The van der Waals surface area contributed by atoms with E-state index in [1.807, 2.05) is 84.9 Å². The van der Waals surface area contributed by atoms with Crippen LogP contribution >= 0.6 is 43.5 Å². The summed E-state index contributed by atoms with van der Waals surface area (Å²) in [6, 6.07) is 35.5. The molecule has 0 bridgehead atoms. The highest BCUT2D eigenvalue weighted by Crippen LogP contribution is 2.37. The molecule has 6 aromatic carbocycles. The maximum absolute atomic E-state index is 6.57. The second kappa shape index (κ2) is 29.1. The van der Waals surface area contributed by atoms with E-state index in [9.17, 15) is 0 Å². The van der Waals surface area contributed by atoms with Crippen LogP contribution < -0.4 is 48.9 Å². The lowest BCUT2D eigenvalue weighted by atomic mass is 10.1. The first kappa shape index (κ1) is 61.6. The lowest BCUT2D eigenvalue weighted by Gasteiger charge is -2.15. The third kappa shape index (κ3) is 14.3. The molecule has 0 aliphatic heterocycles. The Morgan fingerprint density at radius 2 is 0.867 bits per heavy atom. The van der Waals surface area contributed by atoms with E-state index in [4.69, 9.17) is 70.2 Å². The number of anilines is 1. The van der Waals surface area contributed by atoms with Crippen molar-refractivity contribution in [2.75, 3.05) is 62.2 Å². The summed E-state index contributed by atoms with van der Waals surface area (Å²) in [5, 5.41) is 6.05. The summed E-state index contributed by atoms with van der Waals surface area (Å²) in [6.07, 6.45) is 5.98. The number of methoxy groups -OCH3 is 8. The maximum Gasteiger partial charge on any atom is 0.157 e. The van der Waals surface area contributed by atoms with Gasteiger partial charge in [0.2, 0.25) is 0 Å². The summed E-state index contributed by atoms with van der Waals surface area (Å²) in [4.78, 5) is 19.7. The fourth-order valence-corrected chi connectivity index (χ4v) is 10.7. The van der Waals surface area contributed by atoms with Crippen LogP contribution in [0.4, 0.5) is 5.82 Å². The monoisotopic (exact) mass is 1270 g/mol. The molecule has 4 aromatic heterocycles. The van der Waals surface area contributed by atoms with E-state index >= 15 is 0 Å². The van der Waals surface area contributed by atoms with Crippen LogP contribution in [0.3, 0.4) is 0 Å². The van der Waals surface area contributed by atoms with Gasteiger partial charge in [-0.05, 0) is 91.7 Å². The van der Waals surface area contributed by atoms with Gasteiger partial charge in [-0.25, -0.2) is 19.9 Å². The Morgan fingerprint density at radius 1 is 0.470 bits per heavy atom. The zero-order chi connectivity index (χ0) is 59.2. The Kier molecular flexibility index (Phi) is 21.6. The van der Waals surface area contributed by atoms with Crippen LogP contribution in [0, 0.1) is 0 Å². The molecule has 10 aromatic rings. The van der Waals surface area contributed by atoms with Crippen molar-refractivity contribution in [1.82, 2.24) is 29.1 Å². The number of benzene rings is 6. The Balaban J connectivity index is 0.000000186. The first-order valence-corrected chi connectivity index (χ1v) is 29.2. The summed E-state index contributed by atoms with van der Waals surface area (Å²) in [6.45, 7) is 6.59. The molecular formula is C64H71Br2ClN8O8. The van der Waals surface area contributed by atoms with Crippen LogP contribution in [0.25, 0.3) is 43.9 Å². The molecule has 0 aliphatic carbocycles. The minimum Gasteiger partial charge on any atom is -0.497 e. The lowest BCUT2D eigenvalue weighted by Crippen LogP contribution is -2.08. The number of nitrogens with zero attached hydrogens (tertiary/aromatic N) is 6. The summed E-state index contributed by atoms with van der Waals surface area (Å²) in [7, 11) is 13.2. The topological polar surface area (TPSA) is 173 Å². The summed E-state index contributed by atoms with van der Waals surface area (Å²) >= 11 is 13.7. The SMILES string of the molecule is CCCCc1nc2c(Cl)nc3cc(Br)ccc3c2n1Cc1ccc(OC)cc1OC.CCCCc1nc2c(NCc3ccc(OC)cc3OC)nc3cc(Br)ccc3c2n1Cc1ccc(OC)cc1OC.COc1ccc(CN)c(OC)c1. The number of halogens is 3. The van der Waals surface area contributed by atoms with Crippen molar-refractivity contribution in [3.05, 3.63) is 157 Å². The quantitative estimate of drug-likeness (QED) is 0.0614. The smallest absolute Gasteiger partial charge is 0.157 e. The third-order valence-corrected chi connectivity index (χ3v) is 15.5. The minimum absolute atomic E-state index is 0.425. The van der Waals surface area contributed by atoms with Crippen LogP contribution in [0.15, 0.2) is 118 Å². The molecule has 0 fully saturated rings. The molecule has 0 saturated carbocycles. The number of nitrogens with one attached hydrogen (secondary N) is 1. The van der Waals surface area contributed by atoms with E-state index in [-0.39, 0.29) is 0 Å². The number of hydrogen-bond donors (Lipinski definition) is 2. The van der Waals surface area contributed by atoms with Gasteiger partial charge in [0, 0.05) is 92.2 Å². The third-order valence-electron chi connectivity index (χ3n) is 14.2. The molecule has 0 spiro atoms. The van der Waals surface area contributed by atoms with Crippen molar-refractivity contribution in [1.29, 1.82) is 0 Å². The molecule has 3 N–H and O–H groups in total. The molecule has 10 rings (SSSR count). The number of rotatable bonds is 22. The van der Waals surface area contributed by atoms with Crippen molar-refractivity contribution in [2.45, 2.75) is 78.6 Å². The highest BCUT2D eigenvalue weighted by Gasteiger charge is 2.22. The fraction of sp³-hybridized carbons (Fsp3) is 0.312. The van der Waals surface area contributed by atoms with Gasteiger partial charge in [0.25, 0.3) is 0 Å². The van der Waals surface area contributed by atoms with E-state index in [0.29, 0.717) is 31.3 Å². The number of pyridine rings is 2. The Bertz CT molecular complexity index is 3860. The number of imidazole rings is 2. The van der Waals surface area contributed by atoms with Crippen molar-refractivity contribution < 1.29 is 37.9 Å². The molecular weight excluding hydrogens is 1200 g/mol. The largest absolute Gasteiger partial charge is 0.497 e.